The van der Waals surface area contributed by atoms with Crippen molar-refractivity contribution >= 4 is 44.1 Å². The molecule has 1 N–H and O–H groups in total. The van der Waals surface area contributed by atoms with Gasteiger partial charge in [0.1, 0.15) is 0 Å². The van der Waals surface area contributed by atoms with E-state index in [9.17, 15) is 4.79 Å². The first-order valence-electron chi connectivity index (χ1n) is 4.59. The summed E-state index contributed by atoms with van der Waals surface area (Å²) in [5, 5.41) is 13.4. The number of aliphatic carboxylic acids is 1. The van der Waals surface area contributed by atoms with Crippen LogP contribution in [0.25, 0.3) is 11.3 Å². The number of halogens is 1. The third kappa shape index (κ3) is 3.33. The second kappa shape index (κ2) is 5.69. The fourth-order valence-corrected chi connectivity index (χ4v) is 3.72. The Labute approximate surface area is 113 Å². The predicted molar refractivity (Wildman–Crippen MR) is 67.8 cm³/mol. The molecule has 17 heavy (non-hydrogen) atoms. The summed E-state index contributed by atoms with van der Waals surface area (Å²) in [6, 6.07) is 7.28. The van der Waals surface area contributed by atoms with Gasteiger partial charge in [-0.15, -0.1) is 0 Å². The van der Waals surface area contributed by atoms with Crippen molar-refractivity contribution in [3.05, 3.63) is 29.3 Å². The van der Waals surface area contributed by atoms with Crippen LogP contribution in [-0.2, 0) is 4.79 Å². The Kier molecular flexibility index (Phi) is 4.23. The summed E-state index contributed by atoms with van der Waals surface area (Å²) < 4.78 is 4.94. The molecule has 2 rings (SSSR count). The fraction of sp³-hybridized carbons (Fsp3) is 0.100. The molecule has 0 spiro atoms. The van der Waals surface area contributed by atoms with Crippen molar-refractivity contribution in [3.8, 4) is 11.3 Å². The number of benzene rings is 1. The Morgan fingerprint density at radius 3 is 2.76 bits per heavy atom. The third-order valence-electron chi connectivity index (χ3n) is 1.90. The van der Waals surface area contributed by atoms with Crippen molar-refractivity contribution in [2.24, 2.45) is 0 Å². The quantitative estimate of drug-likeness (QED) is 0.685. The SMILES string of the molecule is O=C(O)CSc1[se]nnc1-c1ccc(Cl)cc1. The number of carboxylic acids is 1. The predicted octanol–water partition coefficient (Wildman–Crippen LogP) is 2.03. The average molecular weight is 334 g/mol. The molecule has 0 saturated carbocycles. The number of nitrogens with zero attached hydrogens (tertiary/aromatic N) is 2. The number of hydrogen-bond acceptors (Lipinski definition) is 4. The van der Waals surface area contributed by atoms with Gasteiger partial charge in [0, 0.05) is 0 Å². The van der Waals surface area contributed by atoms with Crippen LogP contribution in [0.3, 0.4) is 0 Å². The average Bonchev–Trinajstić information content (AvgIpc) is 2.75. The van der Waals surface area contributed by atoms with Crippen LogP contribution in [0.1, 0.15) is 0 Å². The summed E-state index contributed by atoms with van der Waals surface area (Å²) in [5.41, 5.74) is 1.69. The number of thioether (sulfide) groups is 1. The molecular weight excluding hydrogens is 327 g/mol. The van der Waals surface area contributed by atoms with E-state index in [2.05, 4.69) is 9.19 Å². The van der Waals surface area contributed by atoms with Crippen LogP contribution in [0.2, 0.25) is 5.02 Å². The minimum absolute atomic E-state index is 0.0409. The van der Waals surface area contributed by atoms with Crippen LogP contribution in [0.15, 0.2) is 28.0 Å². The third-order valence-corrected chi connectivity index (χ3v) is 5.23. The van der Waals surface area contributed by atoms with Gasteiger partial charge in [-0.3, -0.25) is 0 Å². The van der Waals surface area contributed by atoms with Crippen molar-refractivity contribution in [2.45, 2.75) is 3.77 Å². The van der Waals surface area contributed by atoms with E-state index in [1.807, 2.05) is 12.1 Å². The van der Waals surface area contributed by atoms with E-state index in [1.165, 1.54) is 11.8 Å². The maximum atomic E-state index is 10.5. The second-order valence-corrected chi connectivity index (χ2v) is 6.69. The van der Waals surface area contributed by atoms with E-state index >= 15 is 0 Å². The zero-order valence-corrected chi connectivity index (χ0v) is 11.7. The van der Waals surface area contributed by atoms with E-state index in [0.29, 0.717) is 5.02 Å². The molecule has 4 nitrogen and oxygen atoms in total. The number of rotatable bonds is 4. The molecular formula is C10H7ClN2O2SSe. The fourth-order valence-electron chi connectivity index (χ4n) is 1.19. The van der Waals surface area contributed by atoms with Crippen LogP contribution in [-0.4, -0.2) is 40.8 Å². The molecule has 2 aromatic rings. The van der Waals surface area contributed by atoms with Gasteiger partial charge in [-0.2, -0.15) is 0 Å². The molecule has 0 saturated heterocycles. The van der Waals surface area contributed by atoms with Gasteiger partial charge in [0.05, 0.1) is 0 Å². The van der Waals surface area contributed by atoms with Gasteiger partial charge in [-0.25, -0.2) is 0 Å². The molecule has 7 heteroatoms. The van der Waals surface area contributed by atoms with Gasteiger partial charge in [0.15, 0.2) is 0 Å². The first kappa shape index (κ1) is 12.6. The van der Waals surface area contributed by atoms with E-state index in [4.69, 9.17) is 16.7 Å². The molecule has 0 radical (unpaired) electrons. The minimum atomic E-state index is -0.833. The molecule has 1 aromatic carbocycles. The van der Waals surface area contributed by atoms with E-state index < -0.39 is 5.97 Å². The monoisotopic (exact) mass is 334 g/mol. The van der Waals surface area contributed by atoms with Crippen LogP contribution >= 0.6 is 23.4 Å². The normalized spacial score (nSPS) is 10.4. The topological polar surface area (TPSA) is 63.1 Å². The maximum absolute atomic E-state index is 10.5. The van der Waals surface area contributed by atoms with E-state index in [0.717, 1.165) is 15.0 Å². The van der Waals surface area contributed by atoms with Gasteiger partial charge in [-0.1, -0.05) is 0 Å². The molecule has 1 heterocycles. The van der Waals surface area contributed by atoms with Crippen LogP contribution < -0.4 is 0 Å². The summed E-state index contributed by atoms with van der Waals surface area (Å²) in [6.07, 6.45) is 0. The first-order chi connectivity index (χ1) is 8.16. The van der Waals surface area contributed by atoms with E-state index in [1.54, 1.807) is 12.1 Å². The second-order valence-electron chi connectivity index (χ2n) is 3.10. The number of aromatic nitrogens is 2. The van der Waals surface area contributed by atoms with Gasteiger partial charge in [0.25, 0.3) is 0 Å². The van der Waals surface area contributed by atoms with Crippen molar-refractivity contribution in [2.75, 3.05) is 5.75 Å². The zero-order valence-electron chi connectivity index (χ0n) is 8.46. The van der Waals surface area contributed by atoms with Crippen molar-refractivity contribution in [3.63, 3.8) is 0 Å². The van der Waals surface area contributed by atoms with Crippen LogP contribution in [0.5, 0.6) is 0 Å². The van der Waals surface area contributed by atoms with Crippen LogP contribution in [0.4, 0.5) is 0 Å². The van der Waals surface area contributed by atoms with Crippen molar-refractivity contribution < 1.29 is 9.90 Å². The molecule has 0 aliphatic heterocycles. The molecule has 1 aromatic heterocycles. The summed E-state index contributed by atoms with van der Waals surface area (Å²) in [6.45, 7) is 0. The Balaban J connectivity index is 2.24. The molecule has 0 amide bonds. The Morgan fingerprint density at radius 1 is 1.41 bits per heavy atom. The Morgan fingerprint density at radius 2 is 2.12 bits per heavy atom. The molecule has 0 aliphatic rings. The molecule has 0 aliphatic carbocycles. The number of carbonyl (C=O) groups is 1. The van der Waals surface area contributed by atoms with Gasteiger partial charge < -0.3 is 0 Å². The summed E-state index contributed by atoms with van der Waals surface area (Å²) >= 11 is 6.99. The van der Waals surface area contributed by atoms with Gasteiger partial charge in [0.2, 0.25) is 0 Å². The van der Waals surface area contributed by atoms with Gasteiger partial charge in [-0.05, 0) is 0 Å². The zero-order chi connectivity index (χ0) is 12.3. The van der Waals surface area contributed by atoms with E-state index in [-0.39, 0.29) is 20.5 Å². The molecule has 0 unspecified atom stereocenters. The summed E-state index contributed by atoms with van der Waals surface area (Å²) in [5.74, 6) is -0.792. The Bertz CT molecular complexity index is 529. The van der Waals surface area contributed by atoms with Gasteiger partial charge >= 0.3 is 113 Å². The number of hydrogen-bond donors (Lipinski definition) is 1. The molecule has 0 bridgehead atoms. The molecule has 0 fully saturated rings. The number of carboxylic acid groups (broad SMARTS) is 1. The summed E-state index contributed by atoms with van der Waals surface area (Å²) in [4.78, 5) is 10.5. The van der Waals surface area contributed by atoms with Crippen molar-refractivity contribution in [1.82, 2.24) is 9.19 Å². The van der Waals surface area contributed by atoms with Crippen molar-refractivity contribution in [1.29, 1.82) is 0 Å². The Hall–Kier alpha value is -0.811. The molecule has 88 valence electrons. The first-order valence-corrected chi connectivity index (χ1v) is 7.58. The molecule has 0 atom stereocenters. The standard InChI is InChI=1S/C10H7ClN2O2SSe/c11-7-3-1-6(2-4-7)9-10(17-13-12-9)16-5-8(14)15/h1-4H,5H2,(H,14,15). The van der Waals surface area contributed by atoms with Crippen LogP contribution in [0, 0.1) is 0 Å². The summed E-state index contributed by atoms with van der Waals surface area (Å²) in [7, 11) is 0.